The average molecular weight is 619 g/mol. The largest absolute Gasteiger partial charge is 0.493 e. The number of esters is 2. The quantitative estimate of drug-likeness (QED) is 0.306. The molecule has 1 amide bonds. The minimum atomic E-state index is -0.802. The van der Waals surface area contributed by atoms with Crippen LogP contribution in [0.4, 0.5) is 0 Å². The zero-order valence-electron chi connectivity index (χ0n) is 26.6. The number of carbonyl (C=O) groups excluding carboxylic acids is 3. The number of amides is 1. The molecule has 9 heteroatoms. The number of hydrogen-bond acceptors (Lipinski definition) is 8. The van der Waals surface area contributed by atoms with Crippen molar-refractivity contribution in [3.8, 4) is 11.6 Å². The fourth-order valence-corrected chi connectivity index (χ4v) is 7.97. The van der Waals surface area contributed by atoms with Crippen LogP contribution in [0.5, 0.6) is 11.6 Å². The molecular formula is C36H46N2O7. The number of fused-ring (bicyclic) bond motifs is 5. The van der Waals surface area contributed by atoms with Crippen molar-refractivity contribution in [2.75, 3.05) is 20.3 Å². The molecule has 4 aliphatic rings. The smallest absolute Gasteiger partial charge is 0.328 e. The topological polar surface area (TPSA) is 104 Å². The molecule has 0 unspecified atom stereocenters. The first kappa shape index (κ1) is 31.4. The third kappa shape index (κ3) is 6.82. The lowest BCUT2D eigenvalue weighted by atomic mass is 9.86. The monoisotopic (exact) mass is 618 g/mol. The summed E-state index contributed by atoms with van der Waals surface area (Å²) in [6, 6.07) is 7.06. The van der Waals surface area contributed by atoms with Gasteiger partial charge in [0.05, 0.1) is 43.7 Å². The fourth-order valence-electron chi connectivity index (χ4n) is 7.97. The summed E-state index contributed by atoms with van der Waals surface area (Å²) in [6.07, 6.45) is 13.2. The lowest BCUT2D eigenvalue weighted by Crippen LogP contribution is -2.46. The van der Waals surface area contributed by atoms with E-state index in [4.69, 9.17) is 23.9 Å². The lowest BCUT2D eigenvalue weighted by molar-refractivity contribution is -0.158. The number of nitrogens with zero attached hydrogens (tertiary/aromatic N) is 2. The summed E-state index contributed by atoms with van der Waals surface area (Å²) in [5.74, 6) is 0.0903. The van der Waals surface area contributed by atoms with Gasteiger partial charge in [-0.1, -0.05) is 37.1 Å². The number of allylic oxidation sites excluding steroid dienone is 2. The molecule has 2 bridgehead atoms. The zero-order chi connectivity index (χ0) is 31.3. The van der Waals surface area contributed by atoms with Gasteiger partial charge in [0.2, 0.25) is 11.8 Å². The number of para-hydroxylation sites is 1. The van der Waals surface area contributed by atoms with Crippen LogP contribution in [0, 0.1) is 17.8 Å². The Morgan fingerprint density at radius 1 is 1.00 bits per heavy atom. The molecule has 3 heterocycles. The molecule has 0 N–H and O–H groups in total. The van der Waals surface area contributed by atoms with E-state index in [1.165, 1.54) is 7.11 Å². The summed E-state index contributed by atoms with van der Waals surface area (Å²) < 4.78 is 24.1. The van der Waals surface area contributed by atoms with Gasteiger partial charge in [-0.2, -0.15) is 0 Å². The highest BCUT2D eigenvalue weighted by Crippen LogP contribution is 2.40. The summed E-state index contributed by atoms with van der Waals surface area (Å²) in [5, 5.41) is 0.919. The van der Waals surface area contributed by atoms with Crippen LogP contribution in [0.3, 0.4) is 0 Å². The first-order valence-electron chi connectivity index (χ1n) is 16.9. The highest BCUT2D eigenvalue weighted by atomic mass is 16.5. The number of aromatic nitrogens is 1. The van der Waals surface area contributed by atoms with Gasteiger partial charge in [-0.25, -0.2) is 9.78 Å². The maximum Gasteiger partial charge on any atom is 0.328 e. The molecule has 1 aromatic carbocycles. The molecule has 6 rings (SSSR count). The number of carbonyl (C=O) groups is 3. The standard InChI is InChI=1S/C36H46N2O7/c1-3-43-33-26-16-9-10-18-29(26)37-34-27(33)17-6-4-5-14-24-15-11-19-31(24)45-32(39)21-28(23-12-7-8-13-23)35(40)38-22-25(44-34)20-30(38)36(41)42-2/h4,6,9-10,16,18,23-25,28,30-31H,3,5,7-8,11-15,17,19-22H2,1-2H3/b6-4+/t24-,25-,28+,30+,31-/m1/s1. The molecule has 1 saturated heterocycles. The number of benzene rings is 1. The summed E-state index contributed by atoms with van der Waals surface area (Å²) in [4.78, 5) is 47.4. The lowest BCUT2D eigenvalue weighted by Gasteiger charge is -2.30. The number of methoxy groups -OCH3 is 1. The van der Waals surface area contributed by atoms with Crippen molar-refractivity contribution in [2.24, 2.45) is 17.8 Å². The van der Waals surface area contributed by atoms with Gasteiger partial charge in [0.1, 0.15) is 24.0 Å². The fraction of sp³-hybridized carbons (Fsp3) is 0.611. The first-order chi connectivity index (χ1) is 22.0. The van der Waals surface area contributed by atoms with Crippen LogP contribution in [0.1, 0.15) is 83.1 Å². The number of pyridine rings is 1. The van der Waals surface area contributed by atoms with Gasteiger partial charge in [0, 0.05) is 11.8 Å². The molecule has 242 valence electrons. The predicted octanol–water partition coefficient (Wildman–Crippen LogP) is 5.96. The molecule has 9 nitrogen and oxygen atoms in total. The van der Waals surface area contributed by atoms with Gasteiger partial charge < -0.3 is 23.8 Å². The van der Waals surface area contributed by atoms with Crippen LogP contribution in [0.15, 0.2) is 36.4 Å². The second kappa shape index (κ2) is 14.2. The highest BCUT2D eigenvalue weighted by molar-refractivity contribution is 5.89. The molecule has 2 aliphatic carbocycles. The Labute approximate surface area is 265 Å². The zero-order valence-corrected chi connectivity index (χ0v) is 26.6. The van der Waals surface area contributed by atoms with Crippen molar-refractivity contribution in [2.45, 2.75) is 102 Å². The van der Waals surface area contributed by atoms with Gasteiger partial charge in [-0.15, -0.1) is 0 Å². The minimum absolute atomic E-state index is 0.0383. The van der Waals surface area contributed by atoms with Crippen molar-refractivity contribution in [1.29, 1.82) is 0 Å². The van der Waals surface area contributed by atoms with Gasteiger partial charge in [-0.3, -0.25) is 9.59 Å². The molecule has 2 saturated carbocycles. The van der Waals surface area contributed by atoms with E-state index >= 15 is 0 Å². The van der Waals surface area contributed by atoms with E-state index in [1.807, 2.05) is 31.2 Å². The maximum atomic E-state index is 14.4. The van der Waals surface area contributed by atoms with Crippen molar-refractivity contribution in [1.82, 2.24) is 9.88 Å². The molecule has 0 spiro atoms. The molecule has 2 aliphatic heterocycles. The van der Waals surface area contributed by atoms with Gasteiger partial charge in [0.15, 0.2) is 0 Å². The van der Waals surface area contributed by atoms with Crippen LogP contribution in [-0.4, -0.2) is 66.2 Å². The molecule has 2 aromatic rings. The van der Waals surface area contributed by atoms with Gasteiger partial charge >= 0.3 is 11.9 Å². The Morgan fingerprint density at radius 3 is 2.60 bits per heavy atom. The van der Waals surface area contributed by atoms with E-state index in [1.54, 1.807) is 4.90 Å². The summed E-state index contributed by atoms with van der Waals surface area (Å²) in [6.45, 7) is 2.66. The Balaban J connectivity index is 1.39. The van der Waals surface area contributed by atoms with Crippen LogP contribution in [0.25, 0.3) is 10.9 Å². The normalized spacial score (nSPS) is 28.8. The summed E-state index contributed by atoms with van der Waals surface area (Å²) in [7, 11) is 1.34. The second-order valence-electron chi connectivity index (χ2n) is 13.0. The summed E-state index contributed by atoms with van der Waals surface area (Å²) >= 11 is 0. The average Bonchev–Trinajstić information content (AvgIpc) is 3.82. The Morgan fingerprint density at radius 2 is 1.80 bits per heavy atom. The SMILES string of the molecule is CCOc1c2c(nc3ccccc13)O[C@@H]1C[C@@H](C(=O)OC)N(C1)C(=O)[C@H](C1CCCC1)CC(=O)O[C@@H]1CCC[C@H]1CC/C=C/C2. The van der Waals surface area contributed by atoms with Crippen LogP contribution < -0.4 is 9.47 Å². The molecule has 5 atom stereocenters. The molecular weight excluding hydrogens is 572 g/mol. The van der Waals surface area contributed by atoms with Crippen LogP contribution in [0.2, 0.25) is 0 Å². The van der Waals surface area contributed by atoms with Crippen LogP contribution >= 0.6 is 0 Å². The Hall–Kier alpha value is -3.62. The maximum absolute atomic E-state index is 14.4. The van der Waals surface area contributed by atoms with Crippen molar-refractivity contribution < 1.29 is 33.3 Å². The van der Waals surface area contributed by atoms with E-state index in [9.17, 15) is 14.4 Å². The van der Waals surface area contributed by atoms with E-state index in [0.29, 0.717) is 24.8 Å². The van der Waals surface area contributed by atoms with Crippen LogP contribution in [-0.2, 0) is 30.3 Å². The molecule has 0 radical (unpaired) electrons. The van der Waals surface area contributed by atoms with Gasteiger partial charge in [0.25, 0.3) is 0 Å². The van der Waals surface area contributed by atoms with E-state index < -0.39 is 24.0 Å². The van der Waals surface area contributed by atoms with E-state index in [-0.39, 0.29) is 43.3 Å². The van der Waals surface area contributed by atoms with E-state index in [2.05, 4.69) is 12.2 Å². The van der Waals surface area contributed by atoms with Crippen molar-refractivity contribution in [3.63, 3.8) is 0 Å². The number of rotatable bonds is 4. The molecule has 3 fully saturated rings. The minimum Gasteiger partial charge on any atom is -0.493 e. The summed E-state index contributed by atoms with van der Waals surface area (Å²) in [5.41, 5.74) is 1.61. The van der Waals surface area contributed by atoms with E-state index in [0.717, 1.165) is 80.0 Å². The molecule has 1 aromatic heterocycles. The third-order valence-electron chi connectivity index (χ3n) is 10.2. The first-order valence-corrected chi connectivity index (χ1v) is 16.9. The third-order valence-corrected chi connectivity index (χ3v) is 10.2. The number of ether oxygens (including phenoxy) is 4. The second-order valence-corrected chi connectivity index (χ2v) is 13.0. The molecule has 45 heavy (non-hydrogen) atoms. The van der Waals surface area contributed by atoms with Crippen molar-refractivity contribution >= 4 is 28.7 Å². The van der Waals surface area contributed by atoms with Crippen molar-refractivity contribution in [3.05, 3.63) is 42.0 Å². The highest BCUT2D eigenvalue weighted by Gasteiger charge is 2.46. The Kier molecular flexibility index (Phi) is 9.91. The predicted molar refractivity (Wildman–Crippen MR) is 169 cm³/mol. The Bertz CT molecular complexity index is 1420. The number of hydrogen-bond donors (Lipinski definition) is 0. The van der Waals surface area contributed by atoms with Gasteiger partial charge in [-0.05, 0) is 82.3 Å².